The molecule has 3 aromatic heterocycles. The molecule has 0 aliphatic carbocycles. The van der Waals surface area contributed by atoms with Crippen LogP contribution in [0.1, 0.15) is 33.2 Å². The lowest BCUT2D eigenvalue weighted by Gasteiger charge is -2.08. The minimum Gasteiger partial charge on any atom is -0.457 e. The van der Waals surface area contributed by atoms with Gasteiger partial charge in [-0.15, -0.1) is 0 Å². The van der Waals surface area contributed by atoms with Crippen LogP contribution in [0.25, 0.3) is 16.8 Å². The standard InChI is InChI=1S/C21H18ClN3O3/c1-12-10-13(2)25(24-12)19-9-8-16(22)20(23-19)21(26)27-11-18-14(3)15-6-4-5-7-17(15)28-18/h4-10H,11H2,1-3H3. The topological polar surface area (TPSA) is 70.2 Å². The molecule has 4 rings (SSSR count). The molecule has 0 saturated heterocycles. The van der Waals surface area contributed by atoms with E-state index in [0.717, 1.165) is 27.9 Å². The zero-order valence-corrected chi connectivity index (χ0v) is 16.4. The van der Waals surface area contributed by atoms with Gasteiger partial charge in [0.05, 0.1) is 10.7 Å². The highest BCUT2D eigenvalue weighted by molar-refractivity contribution is 6.33. The maximum Gasteiger partial charge on any atom is 0.359 e. The lowest BCUT2D eigenvalue weighted by Crippen LogP contribution is -2.11. The van der Waals surface area contributed by atoms with Crippen LogP contribution in [0.4, 0.5) is 0 Å². The second-order valence-corrected chi connectivity index (χ2v) is 6.97. The van der Waals surface area contributed by atoms with Crippen molar-refractivity contribution in [2.24, 2.45) is 0 Å². The molecule has 3 heterocycles. The first-order valence-electron chi connectivity index (χ1n) is 8.78. The molecule has 6 nitrogen and oxygen atoms in total. The third-order valence-corrected chi connectivity index (χ3v) is 4.83. The Labute approximate surface area is 166 Å². The number of pyridine rings is 1. The van der Waals surface area contributed by atoms with Crippen LogP contribution in [0.5, 0.6) is 0 Å². The number of esters is 1. The smallest absolute Gasteiger partial charge is 0.359 e. The Morgan fingerprint density at radius 3 is 2.68 bits per heavy atom. The van der Waals surface area contributed by atoms with Gasteiger partial charge in [0.2, 0.25) is 0 Å². The molecule has 4 aromatic rings. The number of carbonyl (C=O) groups is 1. The highest BCUT2D eigenvalue weighted by Gasteiger charge is 2.18. The molecule has 7 heteroatoms. The fraction of sp³-hybridized carbons (Fsp3) is 0.190. The van der Waals surface area contributed by atoms with Crippen molar-refractivity contribution in [2.45, 2.75) is 27.4 Å². The highest BCUT2D eigenvalue weighted by Crippen LogP contribution is 2.26. The first-order valence-corrected chi connectivity index (χ1v) is 9.16. The number of para-hydroxylation sites is 1. The van der Waals surface area contributed by atoms with Crippen LogP contribution in [0.2, 0.25) is 5.02 Å². The molecular formula is C21H18ClN3O3. The van der Waals surface area contributed by atoms with Gasteiger partial charge in [-0.05, 0) is 45.0 Å². The number of benzene rings is 1. The summed E-state index contributed by atoms with van der Waals surface area (Å²) >= 11 is 6.18. The van der Waals surface area contributed by atoms with Gasteiger partial charge < -0.3 is 9.15 Å². The molecule has 0 atom stereocenters. The van der Waals surface area contributed by atoms with Gasteiger partial charge in [0.25, 0.3) is 0 Å². The number of carbonyl (C=O) groups excluding carboxylic acids is 1. The van der Waals surface area contributed by atoms with Crippen LogP contribution in [0.3, 0.4) is 0 Å². The SMILES string of the molecule is Cc1cc(C)n(-c2ccc(Cl)c(C(=O)OCc3oc4ccccc4c3C)n2)n1. The van der Waals surface area contributed by atoms with Crippen molar-refractivity contribution in [3.8, 4) is 5.82 Å². The number of hydrogen-bond donors (Lipinski definition) is 0. The zero-order valence-electron chi connectivity index (χ0n) is 15.7. The number of fused-ring (bicyclic) bond motifs is 1. The van der Waals surface area contributed by atoms with Gasteiger partial charge in [-0.3, -0.25) is 0 Å². The first kappa shape index (κ1) is 18.3. The van der Waals surface area contributed by atoms with Crippen molar-refractivity contribution >= 4 is 28.5 Å². The summed E-state index contributed by atoms with van der Waals surface area (Å²) in [5, 5.41) is 5.60. The van der Waals surface area contributed by atoms with Crippen molar-refractivity contribution in [3.05, 3.63) is 75.9 Å². The number of hydrogen-bond acceptors (Lipinski definition) is 5. The van der Waals surface area contributed by atoms with E-state index < -0.39 is 5.97 Å². The lowest BCUT2D eigenvalue weighted by molar-refractivity contribution is 0.0440. The minimum absolute atomic E-state index is 0.00148. The van der Waals surface area contributed by atoms with Crippen LogP contribution < -0.4 is 0 Å². The molecule has 0 aliphatic heterocycles. The van der Waals surface area contributed by atoms with E-state index in [1.807, 2.05) is 51.1 Å². The van der Waals surface area contributed by atoms with E-state index in [9.17, 15) is 4.79 Å². The maximum absolute atomic E-state index is 12.6. The molecule has 28 heavy (non-hydrogen) atoms. The molecule has 0 aliphatic rings. The number of rotatable bonds is 4. The summed E-state index contributed by atoms with van der Waals surface area (Å²) in [6.45, 7) is 5.74. The summed E-state index contributed by atoms with van der Waals surface area (Å²) in [5.41, 5.74) is 3.51. The molecule has 0 N–H and O–H groups in total. The molecule has 0 saturated carbocycles. The summed E-state index contributed by atoms with van der Waals surface area (Å²) in [7, 11) is 0. The highest BCUT2D eigenvalue weighted by atomic mass is 35.5. The van der Waals surface area contributed by atoms with Crippen molar-refractivity contribution in [1.82, 2.24) is 14.8 Å². The predicted octanol–water partition coefficient (Wildman–Crippen LogP) is 4.95. The van der Waals surface area contributed by atoms with Gasteiger partial charge in [-0.2, -0.15) is 5.10 Å². The molecule has 0 unspecified atom stereocenters. The summed E-state index contributed by atoms with van der Waals surface area (Å²) in [5.74, 6) is 0.482. The molecular weight excluding hydrogens is 378 g/mol. The van der Waals surface area contributed by atoms with Crippen LogP contribution >= 0.6 is 11.6 Å². The Bertz CT molecular complexity index is 1190. The van der Waals surface area contributed by atoms with Gasteiger partial charge >= 0.3 is 5.97 Å². The van der Waals surface area contributed by atoms with Gasteiger partial charge in [-0.25, -0.2) is 14.5 Å². The van der Waals surface area contributed by atoms with Crippen molar-refractivity contribution in [2.75, 3.05) is 0 Å². The number of aryl methyl sites for hydroxylation is 3. The average molecular weight is 396 g/mol. The quantitative estimate of drug-likeness (QED) is 0.457. The van der Waals surface area contributed by atoms with E-state index >= 15 is 0 Å². The van der Waals surface area contributed by atoms with E-state index in [2.05, 4.69) is 10.1 Å². The fourth-order valence-corrected chi connectivity index (χ4v) is 3.30. The Kier molecular flexibility index (Phi) is 4.65. The van der Waals surface area contributed by atoms with Crippen LogP contribution in [0.15, 0.2) is 46.9 Å². The van der Waals surface area contributed by atoms with Gasteiger partial charge in [0.15, 0.2) is 11.5 Å². The maximum atomic E-state index is 12.6. The molecule has 0 bridgehead atoms. The number of halogens is 1. The van der Waals surface area contributed by atoms with Crippen LogP contribution in [0, 0.1) is 20.8 Å². The summed E-state index contributed by atoms with van der Waals surface area (Å²) < 4.78 is 12.9. The minimum atomic E-state index is -0.617. The Morgan fingerprint density at radius 2 is 1.96 bits per heavy atom. The third kappa shape index (κ3) is 3.27. The third-order valence-electron chi connectivity index (χ3n) is 4.53. The largest absolute Gasteiger partial charge is 0.457 e. The van der Waals surface area contributed by atoms with Gasteiger partial charge in [0, 0.05) is 16.6 Å². The van der Waals surface area contributed by atoms with Crippen molar-refractivity contribution in [3.63, 3.8) is 0 Å². The summed E-state index contributed by atoms with van der Waals surface area (Å²) in [4.78, 5) is 17.0. The normalized spacial score (nSPS) is 11.1. The lowest BCUT2D eigenvalue weighted by atomic mass is 10.1. The summed E-state index contributed by atoms with van der Waals surface area (Å²) in [6.07, 6.45) is 0. The molecule has 0 fully saturated rings. The zero-order chi connectivity index (χ0) is 19.8. The van der Waals surface area contributed by atoms with Crippen LogP contribution in [-0.4, -0.2) is 20.7 Å². The first-order chi connectivity index (χ1) is 13.4. The molecule has 0 spiro atoms. The van der Waals surface area contributed by atoms with E-state index in [1.165, 1.54) is 0 Å². The van der Waals surface area contributed by atoms with Crippen molar-refractivity contribution < 1.29 is 13.9 Å². The summed E-state index contributed by atoms with van der Waals surface area (Å²) in [6, 6.07) is 12.9. The van der Waals surface area contributed by atoms with Crippen LogP contribution in [-0.2, 0) is 11.3 Å². The molecule has 0 radical (unpaired) electrons. The number of ether oxygens (including phenoxy) is 1. The average Bonchev–Trinajstić information content (AvgIpc) is 3.19. The number of nitrogens with zero attached hydrogens (tertiary/aromatic N) is 3. The molecule has 0 amide bonds. The van der Waals surface area contributed by atoms with Crippen molar-refractivity contribution in [1.29, 1.82) is 0 Å². The van der Waals surface area contributed by atoms with E-state index in [4.69, 9.17) is 20.8 Å². The Balaban J connectivity index is 1.58. The van der Waals surface area contributed by atoms with E-state index in [1.54, 1.807) is 16.8 Å². The second kappa shape index (κ2) is 7.13. The molecule has 1 aromatic carbocycles. The number of furan rings is 1. The monoisotopic (exact) mass is 395 g/mol. The Morgan fingerprint density at radius 1 is 1.18 bits per heavy atom. The second-order valence-electron chi connectivity index (χ2n) is 6.56. The number of aromatic nitrogens is 3. The van der Waals surface area contributed by atoms with Gasteiger partial charge in [-0.1, -0.05) is 29.8 Å². The Hall–Kier alpha value is -3.12. The van der Waals surface area contributed by atoms with E-state index in [-0.39, 0.29) is 17.3 Å². The fourth-order valence-electron chi connectivity index (χ4n) is 3.12. The predicted molar refractivity (Wildman–Crippen MR) is 106 cm³/mol. The molecule has 142 valence electrons. The van der Waals surface area contributed by atoms with Gasteiger partial charge in [0.1, 0.15) is 18.0 Å². The van der Waals surface area contributed by atoms with E-state index in [0.29, 0.717) is 11.6 Å².